The summed E-state index contributed by atoms with van der Waals surface area (Å²) in [5.74, 6) is -1.10. The van der Waals surface area contributed by atoms with Gasteiger partial charge in [-0.25, -0.2) is 9.78 Å². The molecule has 0 aliphatic heterocycles. The monoisotopic (exact) mass is 239 g/mol. The zero-order valence-corrected chi connectivity index (χ0v) is 8.19. The summed E-state index contributed by atoms with van der Waals surface area (Å²) in [6.07, 6.45) is -4.17. The van der Waals surface area contributed by atoms with Gasteiger partial charge < -0.3 is 4.74 Å². The van der Waals surface area contributed by atoms with Gasteiger partial charge in [0.2, 0.25) is 0 Å². The van der Waals surface area contributed by atoms with Crippen molar-refractivity contribution in [2.24, 2.45) is 0 Å². The molecule has 0 aliphatic carbocycles. The van der Waals surface area contributed by atoms with Gasteiger partial charge in [-0.15, -0.1) is 0 Å². The Labute approximate surface area is 87.8 Å². The van der Waals surface area contributed by atoms with Crippen LogP contribution in [-0.4, -0.2) is 18.1 Å². The third-order valence-electron chi connectivity index (χ3n) is 1.58. The van der Waals surface area contributed by atoms with Crippen molar-refractivity contribution in [1.82, 2.24) is 4.98 Å². The summed E-state index contributed by atoms with van der Waals surface area (Å²) in [7, 11) is 0.983. The maximum absolute atomic E-state index is 12.4. The average Bonchev–Trinajstić information content (AvgIpc) is 2.14. The van der Waals surface area contributed by atoms with Crippen molar-refractivity contribution in [2.75, 3.05) is 7.11 Å². The normalized spacial score (nSPS) is 11.3. The van der Waals surface area contributed by atoms with Gasteiger partial charge in [-0.1, -0.05) is 11.6 Å². The maximum Gasteiger partial charge on any atom is 0.418 e. The number of pyridine rings is 1. The molecule has 0 atom stereocenters. The zero-order chi connectivity index (χ0) is 11.6. The second kappa shape index (κ2) is 4.06. The number of halogens is 4. The van der Waals surface area contributed by atoms with Crippen molar-refractivity contribution in [2.45, 2.75) is 6.18 Å². The third-order valence-corrected chi connectivity index (χ3v) is 1.79. The second-order valence-electron chi connectivity index (χ2n) is 2.54. The minimum absolute atomic E-state index is 0.205. The largest absolute Gasteiger partial charge is 0.465 e. The molecule has 0 radical (unpaired) electrons. The van der Waals surface area contributed by atoms with Crippen LogP contribution in [0.1, 0.15) is 15.9 Å². The molecule has 0 amide bonds. The molecule has 0 saturated heterocycles. The van der Waals surface area contributed by atoms with E-state index in [1.54, 1.807) is 0 Å². The van der Waals surface area contributed by atoms with E-state index >= 15 is 0 Å². The Balaban J connectivity index is 3.33. The number of carbonyl (C=O) groups is 1. The van der Waals surface area contributed by atoms with Gasteiger partial charge >= 0.3 is 12.1 Å². The van der Waals surface area contributed by atoms with E-state index in [-0.39, 0.29) is 5.15 Å². The Bertz CT molecular complexity index is 392. The summed E-state index contributed by atoms with van der Waals surface area (Å²) < 4.78 is 41.4. The van der Waals surface area contributed by atoms with Crippen LogP contribution >= 0.6 is 11.6 Å². The summed E-state index contributed by atoms with van der Waals surface area (Å²) >= 11 is 5.38. The smallest absolute Gasteiger partial charge is 0.418 e. The standard InChI is InChI=1S/C8H5ClF3NO2/c1-15-7(14)4-2-6(9)13-3-5(4)8(10,11)12/h2-3H,1H3. The van der Waals surface area contributed by atoms with Gasteiger partial charge in [-0.05, 0) is 6.07 Å². The van der Waals surface area contributed by atoms with Crippen molar-refractivity contribution in [3.63, 3.8) is 0 Å². The molecule has 0 bridgehead atoms. The minimum Gasteiger partial charge on any atom is -0.465 e. The molecule has 15 heavy (non-hydrogen) atoms. The number of nitrogens with zero attached hydrogens (tertiary/aromatic N) is 1. The lowest BCUT2D eigenvalue weighted by Gasteiger charge is -2.10. The van der Waals surface area contributed by atoms with Crippen LogP contribution in [0, 0.1) is 0 Å². The van der Waals surface area contributed by atoms with Crippen LogP contribution in [0.2, 0.25) is 5.15 Å². The van der Waals surface area contributed by atoms with Gasteiger partial charge in [-0.2, -0.15) is 13.2 Å². The van der Waals surface area contributed by atoms with Crippen LogP contribution < -0.4 is 0 Å². The number of ether oxygens (including phenoxy) is 1. The zero-order valence-electron chi connectivity index (χ0n) is 7.43. The first-order chi connectivity index (χ1) is 6.86. The Kier molecular flexibility index (Phi) is 3.18. The van der Waals surface area contributed by atoms with Gasteiger partial charge in [0.05, 0.1) is 18.2 Å². The van der Waals surface area contributed by atoms with Gasteiger partial charge in [-0.3, -0.25) is 0 Å². The predicted molar refractivity (Wildman–Crippen MR) is 45.6 cm³/mol. The fraction of sp³-hybridized carbons (Fsp3) is 0.250. The second-order valence-corrected chi connectivity index (χ2v) is 2.93. The number of hydrogen-bond donors (Lipinski definition) is 0. The van der Waals surface area contributed by atoms with Crippen LogP contribution in [0.5, 0.6) is 0 Å². The molecule has 0 fully saturated rings. The molecule has 0 aliphatic rings. The van der Waals surface area contributed by atoms with Crippen LogP contribution in [0.25, 0.3) is 0 Å². The Morgan fingerprint density at radius 1 is 1.53 bits per heavy atom. The molecule has 0 N–H and O–H groups in total. The van der Waals surface area contributed by atoms with Gasteiger partial charge in [0, 0.05) is 6.20 Å². The first-order valence-electron chi connectivity index (χ1n) is 3.67. The third kappa shape index (κ3) is 2.59. The number of rotatable bonds is 1. The molecule has 7 heteroatoms. The number of hydrogen-bond acceptors (Lipinski definition) is 3. The average molecular weight is 240 g/mol. The van der Waals surface area contributed by atoms with Crippen molar-refractivity contribution in [1.29, 1.82) is 0 Å². The van der Waals surface area contributed by atoms with E-state index in [9.17, 15) is 18.0 Å². The van der Waals surface area contributed by atoms with Crippen molar-refractivity contribution in [3.05, 3.63) is 28.5 Å². The van der Waals surface area contributed by atoms with E-state index < -0.39 is 23.3 Å². The van der Waals surface area contributed by atoms with Gasteiger partial charge in [0.15, 0.2) is 0 Å². The molecular weight excluding hydrogens is 235 g/mol. The number of aromatic nitrogens is 1. The lowest BCUT2D eigenvalue weighted by Crippen LogP contribution is -2.14. The Hall–Kier alpha value is -1.30. The van der Waals surface area contributed by atoms with E-state index in [1.807, 2.05) is 0 Å². The summed E-state index contributed by atoms with van der Waals surface area (Å²) in [4.78, 5) is 14.3. The maximum atomic E-state index is 12.4. The molecule has 82 valence electrons. The van der Waals surface area contributed by atoms with Crippen LogP contribution in [0.15, 0.2) is 12.3 Å². The molecule has 3 nitrogen and oxygen atoms in total. The van der Waals surface area contributed by atoms with Crippen molar-refractivity contribution in [3.8, 4) is 0 Å². The summed E-state index contributed by atoms with van der Waals surface area (Å²) in [6.45, 7) is 0. The molecule has 1 aromatic rings. The highest BCUT2D eigenvalue weighted by Crippen LogP contribution is 2.32. The summed E-state index contributed by atoms with van der Waals surface area (Å²) in [6, 6.07) is 0.816. The molecule has 1 aromatic heterocycles. The number of carbonyl (C=O) groups excluding carboxylic acids is 1. The SMILES string of the molecule is COC(=O)c1cc(Cl)ncc1C(F)(F)F. The molecule has 1 heterocycles. The van der Waals surface area contributed by atoms with Gasteiger partial charge in [0.1, 0.15) is 5.15 Å². The molecule has 1 rings (SSSR count). The van der Waals surface area contributed by atoms with Crippen molar-refractivity contribution >= 4 is 17.6 Å². The van der Waals surface area contributed by atoms with E-state index in [0.29, 0.717) is 6.20 Å². The highest BCUT2D eigenvalue weighted by atomic mass is 35.5. The molecular formula is C8H5ClF3NO2. The lowest BCUT2D eigenvalue weighted by molar-refractivity contribution is -0.138. The molecule has 0 saturated carbocycles. The lowest BCUT2D eigenvalue weighted by atomic mass is 10.1. The summed E-state index contributed by atoms with van der Waals surface area (Å²) in [5, 5.41) is -0.205. The number of methoxy groups -OCH3 is 1. The number of alkyl halides is 3. The highest BCUT2D eigenvalue weighted by Gasteiger charge is 2.36. The topological polar surface area (TPSA) is 39.2 Å². The molecule has 0 spiro atoms. The quantitative estimate of drug-likeness (QED) is 0.558. The highest BCUT2D eigenvalue weighted by molar-refractivity contribution is 6.29. The van der Waals surface area contributed by atoms with E-state index in [4.69, 9.17) is 11.6 Å². The number of esters is 1. The first-order valence-corrected chi connectivity index (χ1v) is 4.05. The predicted octanol–water partition coefficient (Wildman–Crippen LogP) is 2.54. The Morgan fingerprint density at radius 2 is 2.13 bits per heavy atom. The van der Waals surface area contributed by atoms with Crippen molar-refractivity contribution < 1.29 is 22.7 Å². The molecule has 0 unspecified atom stereocenters. The summed E-state index contributed by atoms with van der Waals surface area (Å²) in [5.41, 5.74) is -1.82. The first kappa shape index (κ1) is 11.8. The van der Waals surface area contributed by atoms with E-state index in [1.165, 1.54) is 0 Å². The minimum atomic E-state index is -4.67. The van der Waals surface area contributed by atoms with E-state index in [0.717, 1.165) is 13.2 Å². The van der Waals surface area contributed by atoms with E-state index in [2.05, 4.69) is 9.72 Å². The fourth-order valence-electron chi connectivity index (χ4n) is 0.935. The Morgan fingerprint density at radius 3 is 2.60 bits per heavy atom. The van der Waals surface area contributed by atoms with Crippen LogP contribution in [0.3, 0.4) is 0 Å². The van der Waals surface area contributed by atoms with Crippen LogP contribution in [0.4, 0.5) is 13.2 Å². The van der Waals surface area contributed by atoms with Crippen LogP contribution in [-0.2, 0) is 10.9 Å². The van der Waals surface area contributed by atoms with Gasteiger partial charge in [0.25, 0.3) is 0 Å². The fourth-order valence-corrected chi connectivity index (χ4v) is 1.09. The molecule has 0 aromatic carbocycles.